The molecule has 0 aromatic heterocycles. The number of ether oxygens (including phenoxy) is 1. The number of anilines is 1. The van der Waals surface area contributed by atoms with Crippen LogP contribution in [-0.4, -0.2) is 30.4 Å². The third kappa shape index (κ3) is 4.41. The van der Waals surface area contributed by atoms with Gasteiger partial charge in [-0.1, -0.05) is 22.0 Å². The number of hydrogen-bond donors (Lipinski definition) is 2. The van der Waals surface area contributed by atoms with Gasteiger partial charge >= 0.3 is 6.03 Å². The van der Waals surface area contributed by atoms with Crippen molar-refractivity contribution in [2.24, 2.45) is 5.73 Å². The smallest absolute Gasteiger partial charge is 0.335 e. The molecule has 1 aliphatic heterocycles. The van der Waals surface area contributed by atoms with E-state index in [0.29, 0.717) is 15.7 Å². The highest BCUT2D eigenvalue weighted by molar-refractivity contribution is 9.10. The maximum Gasteiger partial charge on any atom is 0.335 e. The number of hydrogen-bond acceptors (Lipinski definition) is 5. The molecule has 1 fully saturated rings. The van der Waals surface area contributed by atoms with Crippen molar-refractivity contribution in [2.45, 2.75) is 13.8 Å². The summed E-state index contributed by atoms with van der Waals surface area (Å²) in [5, 5.41) is 2.18. The molecule has 0 bridgehead atoms. The van der Waals surface area contributed by atoms with Gasteiger partial charge in [0.1, 0.15) is 11.3 Å². The standard InChI is InChI=1S/C21H18BrN3O5/c1-11-3-5-15(7-12(11)2)25-20(28)16(19(27)24-21(25)29)9-13-8-14(22)4-6-17(13)30-10-18(23)26/h3-9H,10H2,1-2H3,(H2,23,26)(H,24,27,29)/b16-9+. The molecule has 0 aliphatic carbocycles. The van der Waals surface area contributed by atoms with Crippen molar-refractivity contribution in [1.82, 2.24) is 5.32 Å². The van der Waals surface area contributed by atoms with Crippen LogP contribution in [0.2, 0.25) is 0 Å². The van der Waals surface area contributed by atoms with Crippen LogP contribution in [0.4, 0.5) is 10.5 Å². The fraction of sp³-hybridized carbons (Fsp3) is 0.143. The lowest BCUT2D eigenvalue weighted by Crippen LogP contribution is -2.54. The largest absolute Gasteiger partial charge is 0.483 e. The Morgan fingerprint density at radius 3 is 2.53 bits per heavy atom. The summed E-state index contributed by atoms with van der Waals surface area (Å²) in [4.78, 5) is 49.8. The molecule has 0 saturated carbocycles. The lowest BCUT2D eigenvalue weighted by molar-refractivity contribution is -0.123. The van der Waals surface area contributed by atoms with Crippen LogP contribution in [0.3, 0.4) is 0 Å². The second-order valence-corrected chi connectivity index (χ2v) is 7.58. The van der Waals surface area contributed by atoms with Gasteiger partial charge in [-0.05, 0) is 61.4 Å². The number of aryl methyl sites for hydroxylation is 2. The van der Waals surface area contributed by atoms with Gasteiger partial charge in [-0.15, -0.1) is 0 Å². The van der Waals surface area contributed by atoms with Gasteiger partial charge in [0.05, 0.1) is 5.69 Å². The molecule has 3 rings (SSSR count). The summed E-state index contributed by atoms with van der Waals surface area (Å²) in [6.07, 6.45) is 1.30. The van der Waals surface area contributed by atoms with Crippen molar-refractivity contribution >= 4 is 51.4 Å². The zero-order valence-corrected chi connectivity index (χ0v) is 17.8. The molecule has 154 valence electrons. The van der Waals surface area contributed by atoms with Crippen molar-refractivity contribution in [1.29, 1.82) is 0 Å². The summed E-state index contributed by atoms with van der Waals surface area (Å²) in [7, 11) is 0. The van der Waals surface area contributed by atoms with Gasteiger partial charge in [0.25, 0.3) is 17.7 Å². The van der Waals surface area contributed by atoms with E-state index in [1.54, 1.807) is 36.4 Å². The summed E-state index contributed by atoms with van der Waals surface area (Å²) < 4.78 is 6.02. The Balaban J connectivity index is 2.03. The lowest BCUT2D eigenvalue weighted by Gasteiger charge is -2.27. The number of rotatable bonds is 5. The molecule has 5 amide bonds. The first-order valence-electron chi connectivity index (χ1n) is 8.86. The van der Waals surface area contributed by atoms with E-state index in [1.807, 2.05) is 13.8 Å². The molecule has 8 nitrogen and oxygen atoms in total. The maximum absolute atomic E-state index is 13.1. The summed E-state index contributed by atoms with van der Waals surface area (Å²) in [6.45, 7) is 3.40. The van der Waals surface area contributed by atoms with Crippen molar-refractivity contribution in [2.75, 3.05) is 11.5 Å². The van der Waals surface area contributed by atoms with Crippen molar-refractivity contribution in [3.05, 3.63) is 63.1 Å². The monoisotopic (exact) mass is 471 g/mol. The first kappa shape index (κ1) is 21.3. The number of amides is 5. The quantitative estimate of drug-likeness (QED) is 0.512. The van der Waals surface area contributed by atoms with Crippen LogP contribution in [0, 0.1) is 13.8 Å². The lowest BCUT2D eigenvalue weighted by atomic mass is 10.0. The van der Waals surface area contributed by atoms with E-state index in [4.69, 9.17) is 10.5 Å². The molecule has 0 radical (unpaired) electrons. The number of nitrogens with one attached hydrogen (secondary N) is 1. The Labute approximate surface area is 180 Å². The molecule has 1 saturated heterocycles. The van der Waals surface area contributed by atoms with Crippen LogP contribution in [-0.2, 0) is 14.4 Å². The van der Waals surface area contributed by atoms with Gasteiger partial charge in [0.15, 0.2) is 6.61 Å². The molecule has 3 N–H and O–H groups in total. The van der Waals surface area contributed by atoms with E-state index >= 15 is 0 Å². The minimum atomic E-state index is -0.829. The zero-order chi connectivity index (χ0) is 22.0. The number of barbiturate groups is 1. The number of imide groups is 2. The highest BCUT2D eigenvalue weighted by Gasteiger charge is 2.37. The van der Waals surface area contributed by atoms with Crippen LogP contribution in [0.15, 0.2) is 46.4 Å². The molecular formula is C21H18BrN3O5. The highest BCUT2D eigenvalue weighted by atomic mass is 79.9. The number of nitrogens with zero attached hydrogens (tertiary/aromatic N) is 1. The minimum absolute atomic E-state index is 0.250. The topological polar surface area (TPSA) is 119 Å². The van der Waals surface area contributed by atoms with E-state index < -0.39 is 23.8 Å². The van der Waals surface area contributed by atoms with Crippen molar-refractivity contribution in [3.8, 4) is 5.75 Å². The number of benzene rings is 2. The molecule has 9 heteroatoms. The third-order valence-electron chi connectivity index (χ3n) is 4.49. The second kappa shape index (κ2) is 8.50. The number of primary amides is 1. The molecule has 0 unspecified atom stereocenters. The van der Waals surface area contributed by atoms with E-state index in [-0.39, 0.29) is 17.9 Å². The summed E-state index contributed by atoms with van der Waals surface area (Å²) in [5.41, 5.74) is 7.46. The van der Waals surface area contributed by atoms with Gasteiger partial charge in [0.2, 0.25) is 0 Å². The number of nitrogens with two attached hydrogens (primary N) is 1. The Morgan fingerprint density at radius 1 is 1.13 bits per heavy atom. The Hall–Kier alpha value is -3.46. The number of carbonyl (C=O) groups is 4. The van der Waals surface area contributed by atoms with Gasteiger partial charge in [-0.2, -0.15) is 0 Å². The van der Waals surface area contributed by atoms with Crippen molar-refractivity contribution in [3.63, 3.8) is 0 Å². The van der Waals surface area contributed by atoms with E-state index in [0.717, 1.165) is 16.0 Å². The Kier molecular flexibility index (Phi) is 6.02. The first-order valence-corrected chi connectivity index (χ1v) is 9.66. The van der Waals surface area contributed by atoms with Gasteiger partial charge in [-0.3, -0.25) is 19.7 Å². The Morgan fingerprint density at radius 2 is 1.87 bits per heavy atom. The van der Waals surface area contributed by atoms with Gasteiger partial charge < -0.3 is 10.5 Å². The molecule has 1 heterocycles. The first-order chi connectivity index (χ1) is 14.2. The molecule has 0 atom stereocenters. The molecule has 0 spiro atoms. The van der Waals surface area contributed by atoms with Crippen molar-refractivity contribution < 1.29 is 23.9 Å². The SMILES string of the molecule is Cc1ccc(N2C(=O)NC(=O)/C(=C\c3cc(Br)ccc3OCC(N)=O)C2=O)cc1C. The van der Waals surface area contributed by atoms with Gasteiger partial charge in [-0.25, -0.2) is 9.69 Å². The normalized spacial score (nSPS) is 15.4. The van der Waals surface area contributed by atoms with Crippen LogP contribution < -0.4 is 20.7 Å². The molecular weight excluding hydrogens is 454 g/mol. The Bertz CT molecular complexity index is 1110. The fourth-order valence-corrected chi connectivity index (χ4v) is 3.20. The maximum atomic E-state index is 13.1. The fourth-order valence-electron chi connectivity index (χ4n) is 2.82. The van der Waals surface area contributed by atoms with Crippen LogP contribution in [0.25, 0.3) is 6.08 Å². The average Bonchev–Trinajstić information content (AvgIpc) is 2.67. The van der Waals surface area contributed by atoms with E-state index in [9.17, 15) is 19.2 Å². The van der Waals surface area contributed by atoms with Crippen LogP contribution in [0.1, 0.15) is 16.7 Å². The average molecular weight is 472 g/mol. The summed E-state index contributed by atoms with van der Waals surface area (Å²) in [5.74, 6) is -2.02. The van der Waals surface area contributed by atoms with E-state index in [2.05, 4.69) is 21.2 Å². The van der Waals surface area contributed by atoms with Crippen LogP contribution in [0.5, 0.6) is 5.75 Å². The summed E-state index contributed by atoms with van der Waals surface area (Å²) in [6, 6.07) is 9.14. The molecule has 30 heavy (non-hydrogen) atoms. The minimum Gasteiger partial charge on any atom is -0.483 e. The predicted octanol–water partition coefficient (Wildman–Crippen LogP) is 2.60. The van der Waals surface area contributed by atoms with Crippen LogP contribution >= 0.6 is 15.9 Å². The zero-order valence-electron chi connectivity index (χ0n) is 16.2. The summed E-state index contributed by atoms with van der Waals surface area (Å²) >= 11 is 3.32. The third-order valence-corrected chi connectivity index (χ3v) is 4.99. The number of halogens is 1. The van der Waals surface area contributed by atoms with Gasteiger partial charge in [0, 0.05) is 10.0 Å². The molecule has 2 aromatic carbocycles. The number of urea groups is 1. The molecule has 2 aromatic rings. The highest BCUT2D eigenvalue weighted by Crippen LogP contribution is 2.28. The second-order valence-electron chi connectivity index (χ2n) is 6.66. The predicted molar refractivity (Wildman–Crippen MR) is 114 cm³/mol. The molecule has 1 aliphatic rings. The number of carbonyl (C=O) groups excluding carboxylic acids is 4. The van der Waals surface area contributed by atoms with E-state index in [1.165, 1.54) is 6.08 Å².